The van der Waals surface area contributed by atoms with Crippen LogP contribution in [-0.2, 0) is 16.1 Å². The summed E-state index contributed by atoms with van der Waals surface area (Å²) in [4.78, 5) is 39.6. The molecule has 1 aromatic carbocycles. The summed E-state index contributed by atoms with van der Waals surface area (Å²) in [5.41, 5.74) is 0.872. The number of hydrogen-bond acceptors (Lipinski definition) is 5. The smallest absolute Gasteiger partial charge is 0.408 e. The zero-order chi connectivity index (χ0) is 20.6. The normalized spacial score (nSPS) is 18.1. The van der Waals surface area contributed by atoms with Gasteiger partial charge in [-0.25, -0.2) is 9.59 Å². The maximum atomic E-state index is 13.2. The van der Waals surface area contributed by atoms with Gasteiger partial charge in [-0.2, -0.15) is 0 Å². The number of halogens is 1. The number of carboxylic acid groups (broad SMARTS) is 1. The molecule has 2 aliphatic heterocycles. The fourth-order valence-electron chi connectivity index (χ4n) is 3.77. The molecule has 1 atom stereocenters. The number of carbonyl (C=O) groups excluding carboxylic acids is 2. The van der Waals surface area contributed by atoms with E-state index >= 15 is 0 Å². The van der Waals surface area contributed by atoms with E-state index in [9.17, 15) is 14.4 Å². The first-order valence-electron chi connectivity index (χ1n) is 9.99. The number of piperidine rings is 1. The second-order valence-electron chi connectivity index (χ2n) is 7.37. The van der Waals surface area contributed by atoms with Crippen LogP contribution >= 0.6 is 12.4 Å². The van der Waals surface area contributed by atoms with Crippen molar-refractivity contribution in [1.82, 2.24) is 20.4 Å². The number of nitrogens with one attached hydrogen (secondary N) is 2. The molecule has 10 heteroatoms. The van der Waals surface area contributed by atoms with Gasteiger partial charge in [-0.15, -0.1) is 12.4 Å². The molecule has 2 heterocycles. The maximum absolute atomic E-state index is 13.2. The number of nitrogens with zero attached hydrogens (tertiary/aromatic N) is 2. The minimum absolute atomic E-state index is 0. The fourth-order valence-corrected chi connectivity index (χ4v) is 3.77. The van der Waals surface area contributed by atoms with Crippen LogP contribution in [0.2, 0.25) is 0 Å². The summed E-state index contributed by atoms with van der Waals surface area (Å²) in [6.45, 7) is 2.93. The zero-order valence-electron chi connectivity index (χ0n) is 16.8. The van der Waals surface area contributed by atoms with Crippen LogP contribution in [0.1, 0.15) is 18.4 Å². The quantitative estimate of drug-likeness (QED) is 0.640. The highest BCUT2D eigenvalue weighted by atomic mass is 35.5. The van der Waals surface area contributed by atoms with Gasteiger partial charge in [0, 0.05) is 26.2 Å². The molecule has 0 spiro atoms. The molecule has 2 aliphatic rings. The first kappa shape index (κ1) is 23.8. The fraction of sp³-hybridized carbons (Fsp3) is 0.550. The van der Waals surface area contributed by atoms with E-state index in [0.717, 1.165) is 31.5 Å². The lowest BCUT2D eigenvalue weighted by molar-refractivity contribution is -0.136. The molecular weight excluding hydrogens is 412 g/mol. The van der Waals surface area contributed by atoms with Crippen LogP contribution in [0.15, 0.2) is 30.3 Å². The molecule has 30 heavy (non-hydrogen) atoms. The predicted octanol–water partition coefficient (Wildman–Crippen LogP) is 1.53. The maximum Gasteiger partial charge on any atom is 0.408 e. The van der Waals surface area contributed by atoms with Gasteiger partial charge in [-0.1, -0.05) is 30.3 Å². The summed E-state index contributed by atoms with van der Waals surface area (Å²) in [6.07, 6.45) is -0.0286. The van der Waals surface area contributed by atoms with E-state index in [4.69, 9.17) is 9.84 Å². The summed E-state index contributed by atoms with van der Waals surface area (Å²) in [5.74, 6) is -0.149. The Kier molecular flexibility index (Phi) is 9.19. The Labute approximate surface area is 182 Å². The van der Waals surface area contributed by atoms with Crippen molar-refractivity contribution >= 4 is 30.5 Å². The van der Waals surface area contributed by atoms with Gasteiger partial charge in [0.15, 0.2) is 0 Å². The topological polar surface area (TPSA) is 111 Å². The van der Waals surface area contributed by atoms with Crippen molar-refractivity contribution < 1.29 is 24.2 Å². The van der Waals surface area contributed by atoms with Crippen molar-refractivity contribution in [2.24, 2.45) is 5.92 Å². The number of alkyl carbamates (subject to hydrolysis) is 1. The second kappa shape index (κ2) is 11.6. The molecule has 1 aromatic rings. The molecule has 2 fully saturated rings. The molecule has 0 saturated carbocycles. The highest BCUT2D eigenvalue weighted by Crippen LogP contribution is 2.19. The predicted molar refractivity (Wildman–Crippen MR) is 113 cm³/mol. The van der Waals surface area contributed by atoms with Crippen molar-refractivity contribution in [1.29, 1.82) is 0 Å². The Balaban J connectivity index is 0.00000320. The van der Waals surface area contributed by atoms with E-state index in [1.165, 1.54) is 4.90 Å². The molecule has 3 amide bonds. The molecular formula is C20H29ClN4O5. The van der Waals surface area contributed by atoms with Gasteiger partial charge in [0.25, 0.3) is 0 Å². The summed E-state index contributed by atoms with van der Waals surface area (Å²) in [7, 11) is 0. The third kappa shape index (κ3) is 6.50. The van der Waals surface area contributed by atoms with E-state index in [0.29, 0.717) is 13.1 Å². The molecule has 0 aromatic heterocycles. The lowest BCUT2D eigenvalue weighted by Gasteiger charge is -2.38. The molecule has 0 radical (unpaired) electrons. The SMILES string of the molecule is Cl.O=C(N[C@@H](C(=O)N1CCN(C(=O)O)CC1)C1CCNCC1)OCc1ccccc1. The van der Waals surface area contributed by atoms with E-state index in [-0.39, 0.29) is 43.9 Å². The van der Waals surface area contributed by atoms with Gasteiger partial charge in [0.05, 0.1) is 0 Å². The van der Waals surface area contributed by atoms with E-state index in [2.05, 4.69) is 10.6 Å². The van der Waals surface area contributed by atoms with Gasteiger partial charge < -0.3 is 30.3 Å². The summed E-state index contributed by atoms with van der Waals surface area (Å²) in [5, 5.41) is 15.1. The molecule has 9 nitrogen and oxygen atoms in total. The molecule has 0 bridgehead atoms. The zero-order valence-corrected chi connectivity index (χ0v) is 17.6. The molecule has 0 unspecified atom stereocenters. The van der Waals surface area contributed by atoms with Crippen LogP contribution in [-0.4, -0.2) is 78.3 Å². The summed E-state index contributed by atoms with van der Waals surface area (Å²) >= 11 is 0. The third-order valence-electron chi connectivity index (χ3n) is 5.47. The molecule has 3 rings (SSSR count). The second-order valence-corrected chi connectivity index (χ2v) is 7.37. The van der Waals surface area contributed by atoms with Crippen LogP contribution in [0.4, 0.5) is 9.59 Å². The Bertz CT molecular complexity index is 706. The number of ether oxygens (including phenoxy) is 1. The lowest BCUT2D eigenvalue weighted by atomic mass is 9.89. The average molecular weight is 441 g/mol. The number of piperazine rings is 1. The molecule has 2 saturated heterocycles. The van der Waals surface area contributed by atoms with Gasteiger partial charge in [0.2, 0.25) is 5.91 Å². The van der Waals surface area contributed by atoms with Crippen molar-refractivity contribution in [2.45, 2.75) is 25.5 Å². The number of carbonyl (C=O) groups is 3. The molecule has 0 aliphatic carbocycles. The van der Waals surface area contributed by atoms with Crippen LogP contribution < -0.4 is 10.6 Å². The minimum Gasteiger partial charge on any atom is -0.465 e. The van der Waals surface area contributed by atoms with Crippen molar-refractivity contribution in [3.63, 3.8) is 0 Å². The number of amides is 3. The lowest BCUT2D eigenvalue weighted by Crippen LogP contribution is -2.58. The number of rotatable bonds is 5. The Morgan fingerprint density at radius 3 is 2.27 bits per heavy atom. The summed E-state index contributed by atoms with van der Waals surface area (Å²) < 4.78 is 5.31. The average Bonchev–Trinajstić information content (AvgIpc) is 2.77. The van der Waals surface area contributed by atoms with Crippen molar-refractivity contribution in [3.05, 3.63) is 35.9 Å². The van der Waals surface area contributed by atoms with Gasteiger partial charge >= 0.3 is 12.2 Å². The van der Waals surface area contributed by atoms with E-state index in [1.807, 2.05) is 30.3 Å². The Morgan fingerprint density at radius 1 is 1.07 bits per heavy atom. The summed E-state index contributed by atoms with van der Waals surface area (Å²) in [6, 6.07) is 8.69. The standard InChI is InChI=1S/C20H28N4O5.ClH/c25-18(23-10-12-24(13-11-23)20(27)28)17(16-6-8-21-9-7-16)22-19(26)29-14-15-4-2-1-3-5-15;/h1-5,16-17,21H,6-14H2,(H,22,26)(H,27,28);1H/t17-;/m1./s1. The van der Waals surface area contributed by atoms with Crippen molar-refractivity contribution in [3.8, 4) is 0 Å². The molecule has 3 N–H and O–H groups in total. The Morgan fingerprint density at radius 2 is 1.67 bits per heavy atom. The van der Waals surface area contributed by atoms with Crippen molar-refractivity contribution in [2.75, 3.05) is 39.3 Å². The monoisotopic (exact) mass is 440 g/mol. The van der Waals surface area contributed by atoms with E-state index < -0.39 is 18.2 Å². The molecule has 166 valence electrons. The first-order valence-corrected chi connectivity index (χ1v) is 9.99. The van der Waals surface area contributed by atoms with Crippen LogP contribution in [0.25, 0.3) is 0 Å². The van der Waals surface area contributed by atoms with Crippen LogP contribution in [0.3, 0.4) is 0 Å². The van der Waals surface area contributed by atoms with Crippen LogP contribution in [0, 0.1) is 5.92 Å². The number of hydrogen-bond donors (Lipinski definition) is 3. The highest BCUT2D eigenvalue weighted by Gasteiger charge is 2.35. The van der Waals surface area contributed by atoms with Gasteiger partial charge in [-0.05, 0) is 37.4 Å². The highest BCUT2D eigenvalue weighted by molar-refractivity contribution is 5.86. The minimum atomic E-state index is -0.977. The largest absolute Gasteiger partial charge is 0.465 e. The third-order valence-corrected chi connectivity index (χ3v) is 5.47. The first-order chi connectivity index (χ1) is 14.0. The van der Waals surface area contributed by atoms with E-state index in [1.54, 1.807) is 4.90 Å². The van der Waals surface area contributed by atoms with Crippen LogP contribution in [0.5, 0.6) is 0 Å². The van der Waals surface area contributed by atoms with Gasteiger partial charge in [-0.3, -0.25) is 4.79 Å². The van der Waals surface area contributed by atoms with Gasteiger partial charge in [0.1, 0.15) is 12.6 Å². The number of benzene rings is 1. The Hall–Kier alpha value is -2.52.